The van der Waals surface area contributed by atoms with E-state index in [1.165, 1.54) is 24.4 Å². The number of non-ortho nitro benzene ring substituents is 1. The summed E-state index contributed by atoms with van der Waals surface area (Å²) in [5, 5.41) is 15.9. The van der Waals surface area contributed by atoms with Crippen LogP contribution in [0.15, 0.2) is 48.7 Å². The number of hydrogen-bond donors (Lipinski definition) is 2. The molecule has 0 radical (unpaired) electrons. The van der Waals surface area contributed by atoms with E-state index in [0.29, 0.717) is 0 Å². The van der Waals surface area contributed by atoms with Crippen molar-refractivity contribution in [3.05, 3.63) is 69.4 Å². The van der Waals surface area contributed by atoms with Crippen molar-refractivity contribution in [3.63, 3.8) is 0 Å². The van der Waals surface area contributed by atoms with Gasteiger partial charge in [-0.25, -0.2) is 4.79 Å². The molecule has 0 aromatic heterocycles. The van der Waals surface area contributed by atoms with Gasteiger partial charge in [-0.05, 0) is 29.8 Å². The van der Waals surface area contributed by atoms with Crippen LogP contribution in [0.5, 0.6) is 5.75 Å². The topological polar surface area (TPSA) is 93.5 Å². The number of halogens is 1. The largest absolute Gasteiger partial charge is 0.497 e. The Kier molecular flexibility index (Phi) is 5.75. The van der Waals surface area contributed by atoms with Crippen molar-refractivity contribution in [1.82, 2.24) is 5.32 Å². The lowest BCUT2D eigenvalue weighted by atomic mass is 10.2. The van der Waals surface area contributed by atoms with Crippen LogP contribution in [0, 0.1) is 10.1 Å². The first kappa shape index (κ1) is 17.3. The van der Waals surface area contributed by atoms with Crippen LogP contribution in [0.3, 0.4) is 0 Å². The third kappa shape index (κ3) is 4.72. The first-order valence-electron chi connectivity index (χ1n) is 6.81. The molecule has 0 unspecified atom stereocenters. The average Bonchev–Trinajstić information content (AvgIpc) is 2.57. The van der Waals surface area contributed by atoms with Gasteiger partial charge in [0.05, 0.1) is 22.7 Å². The maximum absolute atomic E-state index is 11.8. The van der Waals surface area contributed by atoms with E-state index in [1.807, 2.05) is 12.1 Å². The highest BCUT2D eigenvalue weighted by molar-refractivity contribution is 6.33. The standard InChI is InChI=1S/C16H14ClN3O4/c1-24-13-5-2-11(3-6-13)8-9-18-16(21)19-15-10-12(20(22)23)4-7-14(15)17/h2-10H,1H3,(H2,18,19,21)/b9-8+. The summed E-state index contributed by atoms with van der Waals surface area (Å²) in [5.41, 5.74) is 0.856. The molecule has 0 aliphatic rings. The molecule has 2 aromatic carbocycles. The number of anilines is 1. The minimum absolute atomic E-state index is 0.154. The lowest BCUT2D eigenvalue weighted by Crippen LogP contribution is -2.23. The van der Waals surface area contributed by atoms with Gasteiger partial charge in [-0.2, -0.15) is 0 Å². The molecule has 0 saturated heterocycles. The normalized spacial score (nSPS) is 10.4. The third-order valence-electron chi connectivity index (χ3n) is 3.01. The van der Waals surface area contributed by atoms with Crippen molar-refractivity contribution < 1.29 is 14.5 Å². The van der Waals surface area contributed by atoms with Crippen LogP contribution in [0.1, 0.15) is 5.56 Å². The molecule has 8 heteroatoms. The number of benzene rings is 2. The van der Waals surface area contributed by atoms with Gasteiger partial charge in [-0.1, -0.05) is 23.7 Å². The molecular weight excluding hydrogens is 334 g/mol. The average molecular weight is 348 g/mol. The Labute approximate surface area is 143 Å². The SMILES string of the molecule is COc1ccc(/C=C/NC(=O)Nc2cc([N+](=O)[O-])ccc2Cl)cc1. The van der Waals surface area contributed by atoms with E-state index in [2.05, 4.69) is 10.6 Å². The Morgan fingerprint density at radius 2 is 1.96 bits per heavy atom. The number of methoxy groups -OCH3 is 1. The van der Waals surface area contributed by atoms with Gasteiger partial charge in [0.2, 0.25) is 0 Å². The second-order valence-electron chi connectivity index (χ2n) is 4.63. The van der Waals surface area contributed by atoms with Crippen molar-refractivity contribution in [2.75, 3.05) is 12.4 Å². The van der Waals surface area contributed by atoms with E-state index in [1.54, 1.807) is 25.3 Å². The van der Waals surface area contributed by atoms with Gasteiger partial charge in [0.15, 0.2) is 0 Å². The van der Waals surface area contributed by atoms with E-state index >= 15 is 0 Å². The Bertz CT molecular complexity index is 775. The van der Waals surface area contributed by atoms with Crippen molar-refractivity contribution in [3.8, 4) is 5.75 Å². The van der Waals surface area contributed by atoms with Gasteiger partial charge in [-0.15, -0.1) is 0 Å². The molecule has 0 heterocycles. The van der Waals surface area contributed by atoms with Gasteiger partial charge >= 0.3 is 6.03 Å². The molecule has 0 saturated carbocycles. The number of nitrogens with one attached hydrogen (secondary N) is 2. The number of ether oxygens (including phenoxy) is 1. The Morgan fingerprint density at radius 1 is 1.25 bits per heavy atom. The van der Waals surface area contributed by atoms with Crippen LogP contribution >= 0.6 is 11.6 Å². The molecular formula is C16H14ClN3O4. The highest BCUT2D eigenvalue weighted by atomic mass is 35.5. The van der Waals surface area contributed by atoms with Gasteiger partial charge in [0.1, 0.15) is 5.75 Å². The molecule has 124 valence electrons. The summed E-state index contributed by atoms with van der Waals surface area (Å²) in [7, 11) is 1.58. The molecule has 2 N–H and O–H groups in total. The summed E-state index contributed by atoms with van der Waals surface area (Å²) >= 11 is 5.91. The van der Waals surface area contributed by atoms with E-state index in [0.717, 1.165) is 11.3 Å². The Morgan fingerprint density at radius 3 is 2.58 bits per heavy atom. The number of hydrogen-bond acceptors (Lipinski definition) is 4. The fourth-order valence-electron chi connectivity index (χ4n) is 1.81. The minimum atomic E-state index is -0.567. The van der Waals surface area contributed by atoms with Crippen molar-refractivity contribution in [1.29, 1.82) is 0 Å². The van der Waals surface area contributed by atoms with Crippen LogP contribution < -0.4 is 15.4 Å². The second-order valence-corrected chi connectivity index (χ2v) is 5.03. The van der Waals surface area contributed by atoms with Crippen LogP contribution in [-0.2, 0) is 0 Å². The fraction of sp³-hybridized carbons (Fsp3) is 0.0625. The summed E-state index contributed by atoms with van der Waals surface area (Å²) in [4.78, 5) is 22.0. The maximum atomic E-state index is 11.8. The van der Waals surface area contributed by atoms with Gasteiger partial charge < -0.3 is 15.4 Å². The van der Waals surface area contributed by atoms with E-state index in [-0.39, 0.29) is 16.4 Å². The molecule has 0 fully saturated rings. The van der Waals surface area contributed by atoms with Crippen molar-refractivity contribution in [2.45, 2.75) is 0 Å². The van der Waals surface area contributed by atoms with Crippen molar-refractivity contribution >= 4 is 35.1 Å². The molecule has 2 amide bonds. The second kappa shape index (κ2) is 7.98. The van der Waals surface area contributed by atoms with Crippen molar-refractivity contribution in [2.24, 2.45) is 0 Å². The van der Waals surface area contributed by atoms with E-state index in [4.69, 9.17) is 16.3 Å². The minimum Gasteiger partial charge on any atom is -0.497 e. The molecule has 2 rings (SSSR count). The molecule has 0 aliphatic carbocycles. The highest BCUT2D eigenvalue weighted by Gasteiger charge is 2.11. The summed E-state index contributed by atoms with van der Waals surface area (Å²) < 4.78 is 5.05. The van der Waals surface area contributed by atoms with Gasteiger partial charge in [0, 0.05) is 18.3 Å². The quantitative estimate of drug-likeness (QED) is 0.630. The predicted octanol–water partition coefficient (Wildman–Crippen LogP) is 4.05. The molecule has 0 spiro atoms. The number of nitrogens with zero attached hydrogens (tertiary/aromatic N) is 1. The van der Waals surface area contributed by atoms with Crippen LogP contribution in [0.2, 0.25) is 5.02 Å². The Hall–Kier alpha value is -3.06. The maximum Gasteiger partial charge on any atom is 0.323 e. The summed E-state index contributed by atoms with van der Waals surface area (Å²) in [6.07, 6.45) is 3.14. The lowest BCUT2D eigenvalue weighted by Gasteiger charge is -2.06. The van der Waals surface area contributed by atoms with Crippen LogP contribution in [0.25, 0.3) is 6.08 Å². The number of urea groups is 1. The first-order valence-corrected chi connectivity index (χ1v) is 7.19. The fourth-order valence-corrected chi connectivity index (χ4v) is 1.97. The monoisotopic (exact) mass is 347 g/mol. The summed E-state index contributed by atoms with van der Waals surface area (Å²) in [5.74, 6) is 0.734. The zero-order chi connectivity index (χ0) is 17.5. The molecule has 0 atom stereocenters. The number of carbonyl (C=O) groups excluding carboxylic acids is 1. The molecule has 24 heavy (non-hydrogen) atoms. The number of nitro benzene ring substituents is 1. The van der Waals surface area contributed by atoms with E-state index < -0.39 is 11.0 Å². The number of carbonyl (C=O) groups is 1. The van der Waals surface area contributed by atoms with Gasteiger partial charge in [-0.3, -0.25) is 10.1 Å². The smallest absolute Gasteiger partial charge is 0.323 e. The number of amides is 2. The zero-order valence-corrected chi connectivity index (χ0v) is 13.4. The highest BCUT2D eigenvalue weighted by Crippen LogP contribution is 2.26. The summed E-state index contributed by atoms with van der Waals surface area (Å²) in [6, 6.07) is 10.5. The van der Waals surface area contributed by atoms with Gasteiger partial charge in [0.25, 0.3) is 5.69 Å². The number of rotatable bonds is 5. The number of nitro groups is 1. The predicted molar refractivity (Wildman–Crippen MR) is 92.3 cm³/mol. The molecule has 0 bridgehead atoms. The molecule has 2 aromatic rings. The van der Waals surface area contributed by atoms with Crippen LogP contribution in [0.4, 0.5) is 16.2 Å². The van der Waals surface area contributed by atoms with Crippen LogP contribution in [-0.4, -0.2) is 18.1 Å². The third-order valence-corrected chi connectivity index (χ3v) is 3.34. The van der Waals surface area contributed by atoms with E-state index in [9.17, 15) is 14.9 Å². The zero-order valence-electron chi connectivity index (χ0n) is 12.7. The first-order chi connectivity index (χ1) is 11.5. The molecule has 7 nitrogen and oxygen atoms in total. The molecule has 0 aliphatic heterocycles. The Balaban J connectivity index is 1.96. The summed E-state index contributed by atoms with van der Waals surface area (Å²) in [6.45, 7) is 0. The lowest BCUT2D eigenvalue weighted by molar-refractivity contribution is -0.384.